The fourth-order valence-electron chi connectivity index (χ4n) is 3.25. The molecule has 0 N–H and O–H groups in total. The Kier molecular flexibility index (Phi) is 5.76. The van der Waals surface area contributed by atoms with E-state index in [1.165, 1.54) is 11.8 Å². The largest absolute Gasteiger partial charge is 0.459 e. The molecule has 26 heavy (non-hydrogen) atoms. The Balaban J connectivity index is 1.63. The number of nitrogens with zero attached hydrogens (tertiary/aromatic N) is 2. The molecule has 1 aromatic carbocycles. The van der Waals surface area contributed by atoms with Crippen molar-refractivity contribution in [1.29, 1.82) is 0 Å². The van der Waals surface area contributed by atoms with Gasteiger partial charge in [0.15, 0.2) is 5.76 Å². The Labute approximate surface area is 154 Å². The standard InChI is InChI=1S/C21H26N2O3/c1-3-16(2)17-7-9-18(10-8-17)20(24)22-11-5-12-23(14-13-22)21(25)19-6-4-15-26-19/h4,6-10,15-16H,3,5,11-14H2,1-2H3. The van der Waals surface area contributed by atoms with Gasteiger partial charge in [-0.1, -0.05) is 26.0 Å². The summed E-state index contributed by atoms with van der Waals surface area (Å²) in [6.07, 6.45) is 3.35. The molecule has 1 fully saturated rings. The van der Waals surface area contributed by atoms with Gasteiger partial charge in [0.25, 0.3) is 11.8 Å². The fraction of sp³-hybridized carbons (Fsp3) is 0.429. The zero-order chi connectivity index (χ0) is 18.5. The minimum atomic E-state index is -0.109. The lowest BCUT2D eigenvalue weighted by Gasteiger charge is -2.22. The van der Waals surface area contributed by atoms with Crippen LogP contribution in [0.4, 0.5) is 0 Å². The van der Waals surface area contributed by atoms with Crippen LogP contribution in [0, 0.1) is 0 Å². The number of rotatable bonds is 4. The lowest BCUT2D eigenvalue weighted by molar-refractivity contribution is 0.0700. The Morgan fingerprint density at radius 3 is 2.23 bits per heavy atom. The lowest BCUT2D eigenvalue weighted by atomic mass is 9.97. The highest BCUT2D eigenvalue weighted by molar-refractivity contribution is 5.94. The van der Waals surface area contributed by atoms with E-state index in [9.17, 15) is 9.59 Å². The average Bonchev–Trinajstić information content (AvgIpc) is 3.11. The van der Waals surface area contributed by atoms with Gasteiger partial charge in [-0.2, -0.15) is 0 Å². The topological polar surface area (TPSA) is 53.8 Å². The van der Waals surface area contributed by atoms with Crippen molar-refractivity contribution in [2.45, 2.75) is 32.6 Å². The van der Waals surface area contributed by atoms with Gasteiger partial charge in [-0.25, -0.2) is 0 Å². The molecule has 0 spiro atoms. The van der Waals surface area contributed by atoms with E-state index in [2.05, 4.69) is 13.8 Å². The number of carbonyl (C=O) groups excluding carboxylic acids is 2. The van der Waals surface area contributed by atoms with Crippen LogP contribution in [0.3, 0.4) is 0 Å². The van der Waals surface area contributed by atoms with Crippen LogP contribution in [0.5, 0.6) is 0 Å². The van der Waals surface area contributed by atoms with Crippen molar-refractivity contribution < 1.29 is 14.0 Å². The highest BCUT2D eigenvalue weighted by Crippen LogP contribution is 2.20. The molecule has 2 amide bonds. The number of amides is 2. The first-order valence-corrected chi connectivity index (χ1v) is 9.32. The van der Waals surface area contributed by atoms with Crippen LogP contribution in [0.2, 0.25) is 0 Å². The maximum atomic E-state index is 12.8. The van der Waals surface area contributed by atoms with E-state index < -0.39 is 0 Å². The normalized spacial score (nSPS) is 16.2. The van der Waals surface area contributed by atoms with Gasteiger partial charge in [0, 0.05) is 31.7 Å². The second-order valence-corrected chi connectivity index (χ2v) is 6.85. The summed E-state index contributed by atoms with van der Waals surface area (Å²) in [5.41, 5.74) is 1.97. The Morgan fingerprint density at radius 1 is 1.00 bits per heavy atom. The second kappa shape index (κ2) is 8.21. The maximum absolute atomic E-state index is 12.8. The molecule has 1 aromatic heterocycles. The first kappa shape index (κ1) is 18.2. The molecule has 5 nitrogen and oxygen atoms in total. The first-order valence-electron chi connectivity index (χ1n) is 9.32. The molecule has 1 aliphatic heterocycles. The van der Waals surface area contributed by atoms with E-state index >= 15 is 0 Å². The van der Waals surface area contributed by atoms with Gasteiger partial charge in [0.1, 0.15) is 0 Å². The molecule has 0 saturated carbocycles. The lowest BCUT2D eigenvalue weighted by Crippen LogP contribution is -2.37. The van der Waals surface area contributed by atoms with E-state index in [-0.39, 0.29) is 11.8 Å². The number of hydrogen-bond donors (Lipinski definition) is 0. The second-order valence-electron chi connectivity index (χ2n) is 6.85. The van der Waals surface area contributed by atoms with Gasteiger partial charge in [0.05, 0.1) is 6.26 Å². The summed E-state index contributed by atoms with van der Waals surface area (Å²) in [4.78, 5) is 28.8. The molecule has 5 heteroatoms. The monoisotopic (exact) mass is 354 g/mol. The number of hydrogen-bond acceptors (Lipinski definition) is 3. The third kappa shape index (κ3) is 3.98. The Bertz CT molecular complexity index is 737. The summed E-state index contributed by atoms with van der Waals surface area (Å²) in [5.74, 6) is 0.777. The summed E-state index contributed by atoms with van der Waals surface area (Å²) >= 11 is 0. The van der Waals surface area contributed by atoms with Crippen molar-refractivity contribution in [1.82, 2.24) is 9.80 Å². The molecular weight excluding hydrogens is 328 g/mol. The minimum Gasteiger partial charge on any atom is -0.459 e. The molecule has 1 unspecified atom stereocenters. The quantitative estimate of drug-likeness (QED) is 0.839. The van der Waals surface area contributed by atoms with Gasteiger partial charge >= 0.3 is 0 Å². The van der Waals surface area contributed by atoms with Crippen LogP contribution in [-0.4, -0.2) is 47.8 Å². The van der Waals surface area contributed by atoms with Crippen molar-refractivity contribution in [3.05, 3.63) is 59.5 Å². The molecule has 1 aliphatic rings. The van der Waals surface area contributed by atoms with Crippen LogP contribution in [0.1, 0.15) is 59.1 Å². The van der Waals surface area contributed by atoms with Crippen LogP contribution in [-0.2, 0) is 0 Å². The SMILES string of the molecule is CCC(C)c1ccc(C(=O)N2CCCN(C(=O)c3ccco3)CC2)cc1. The number of furan rings is 1. The molecule has 0 radical (unpaired) electrons. The summed E-state index contributed by atoms with van der Waals surface area (Å²) in [6, 6.07) is 11.3. The predicted octanol–water partition coefficient (Wildman–Crippen LogP) is 3.78. The zero-order valence-corrected chi connectivity index (χ0v) is 15.5. The molecular formula is C21H26N2O3. The van der Waals surface area contributed by atoms with E-state index in [0.29, 0.717) is 43.4 Å². The summed E-state index contributed by atoms with van der Waals surface area (Å²) in [5, 5.41) is 0. The molecule has 138 valence electrons. The van der Waals surface area contributed by atoms with E-state index in [1.807, 2.05) is 29.2 Å². The third-order valence-corrected chi connectivity index (χ3v) is 5.14. The predicted molar refractivity (Wildman–Crippen MR) is 100 cm³/mol. The highest BCUT2D eigenvalue weighted by atomic mass is 16.3. The smallest absolute Gasteiger partial charge is 0.289 e. The Morgan fingerprint density at radius 2 is 1.65 bits per heavy atom. The van der Waals surface area contributed by atoms with Crippen molar-refractivity contribution in [2.24, 2.45) is 0 Å². The van der Waals surface area contributed by atoms with Crippen molar-refractivity contribution >= 4 is 11.8 Å². The van der Waals surface area contributed by atoms with Gasteiger partial charge < -0.3 is 14.2 Å². The zero-order valence-electron chi connectivity index (χ0n) is 15.5. The summed E-state index contributed by atoms with van der Waals surface area (Å²) < 4.78 is 5.20. The van der Waals surface area contributed by atoms with Gasteiger partial charge in [-0.05, 0) is 48.6 Å². The Hall–Kier alpha value is -2.56. The van der Waals surface area contributed by atoms with Crippen LogP contribution >= 0.6 is 0 Å². The van der Waals surface area contributed by atoms with Gasteiger partial charge in [0.2, 0.25) is 0 Å². The van der Waals surface area contributed by atoms with Crippen LogP contribution < -0.4 is 0 Å². The number of benzene rings is 1. The molecule has 3 rings (SSSR count). The molecule has 2 aromatic rings. The minimum absolute atomic E-state index is 0.0352. The molecule has 0 bridgehead atoms. The molecule has 0 aliphatic carbocycles. The van der Waals surface area contributed by atoms with E-state index in [0.717, 1.165) is 12.8 Å². The number of carbonyl (C=O) groups is 2. The van der Waals surface area contributed by atoms with Crippen LogP contribution in [0.15, 0.2) is 47.1 Å². The van der Waals surface area contributed by atoms with Crippen LogP contribution in [0.25, 0.3) is 0 Å². The van der Waals surface area contributed by atoms with Crippen molar-refractivity contribution in [3.8, 4) is 0 Å². The van der Waals surface area contributed by atoms with E-state index in [4.69, 9.17) is 4.42 Å². The van der Waals surface area contributed by atoms with E-state index in [1.54, 1.807) is 17.0 Å². The van der Waals surface area contributed by atoms with Crippen molar-refractivity contribution in [2.75, 3.05) is 26.2 Å². The first-order chi connectivity index (χ1) is 12.6. The fourth-order valence-corrected chi connectivity index (χ4v) is 3.25. The van der Waals surface area contributed by atoms with Gasteiger partial charge in [-0.3, -0.25) is 9.59 Å². The highest BCUT2D eigenvalue weighted by Gasteiger charge is 2.24. The third-order valence-electron chi connectivity index (χ3n) is 5.14. The maximum Gasteiger partial charge on any atom is 0.289 e. The summed E-state index contributed by atoms with van der Waals surface area (Å²) in [7, 11) is 0. The summed E-state index contributed by atoms with van der Waals surface area (Å²) in [6.45, 7) is 6.71. The molecule has 1 atom stereocenters. The van der Waals surface area contributed by atoms with Crippen molar-refractivity contribution in [3.63, 3.8) is 0 Å². The van der Waals surface area contributed by atoms with Gasteiger partial charge in [-0.15, -0.1) is 0 Å². The molecule has 2 heterocycles. The molecule has 1 saturated heterocycles. The average molecular weight is 354 g/mol.